The predicted octanol–water partition coefficient (Wildman–Crippen LogP) is 6.14. The summed E-state index contributed by atoms with van der Waals surface area (Å²) in [4.78, 5) is 7.70. The van der Waals surface area contributed by atoms with Crippen LogP contribution in [-0.4, -0.2) is 32.8 Å². The third kappa shape index (κ3) is 5.41. The standard InChI is InChI=1S/C28H21BClF3N8/c1-27(2,3)41-14-23(39-40-41)28(29,16-4-6-17(31)7-5-16)38-18-8-20-24(37-19-10-22(32)26(33)36-13-19)15(11-34)12-35-25(20)21(30)9-18/h4-10,12-14,38H,1-3H3,(H,35,37). The first kappa shape index (κ1) is 27.9. The van der Waals surface area contributed by atoms with Crippen molar-refractivity contribution in [2.45, 2.75) is 31.7 Å². The molecule has 0 saturated heterocycles. The monoisotopic (exact) mass is 572 g/mol. The second-order valence-corrected chi connectivity index (χ2v) is 10.7. The molecule has 3 aromatic heterocycles. The third-order valence-electron chi connectivity index (χ3n) is 6.34. The number of hydrogen-bond acceptors (Lipinski definition) is 7. The van der Waals surface area contributed by atoms with Crippen molar-refractivity contribution < 1.29 is 13.2 Å². The van der Waals surface area contributed by atoms with Gasteiger partial charge in [0, 0.05) is 23.3 Å². The minimum atomic E-state index is -1.51. The fourth-order valence-corrected chi connectivity index (χ4v) is 4.45. The Morgan fingerprint density at radius 2 is 1.73 bits per heavy atom. The number of nitrogens with zero attached hydrogens (tertiary/aromatic N) is 6. The summed E-state index contributed by atoms with van der Waals surface area (Å²) in [6, 6.07) is 11.8. The largest absolute Gasteiger partial charge is 0.378 e. The van der Waals surface area contributed by atoms with Gasteiger partial charge in [-0.1, -0.05) is 28.9 Å². The molecule has 1 atom stereocenters. The smallest absolute Gasteiger partial charge is 0.249 e. The van der Waals surface area contributed by atoms with Gasteiger partial charge in [0.2, 0.25) is 5.95 Å². The van der Waals surface area contributed by atoms with E-state index in [0.29, 0.717) is 27.8 Å². The molecule has 0 saturated carbocycles. The van der Waals surface area contributed by atoms with Gasteiger partial charge in [0.05, 0.1) is 50.8 Å². The zero-order valence-corrected chi connectivity index (χ0v) is 22.8. The molecule has 0 bridgehead atoms. The molecule has 0 aliphatic heterocycles. The van der Waals surface area contributed by atoms with Crippen LogP contribution in [0.4, 0.5) is 30.2 Å². The van der Waals surface area contributed by atoms with E-state index in [-0.39, 0.29) is 22.0 Å². The highest BCUT2D eigenvalue weighted by Crippen LogP contribution is 2.38. The van der Waals surface area contributed by atoms with E-state index >= 15 is 0 Å². The van der Waals surface area contributed by atoms with Crippen LogP contribution in [0.25, 0.3) is 10.9 Å². The molecular formula is C28H21BClF3N8. The van der Waals surface area contributed by atoms with Gasteiger partial charge in [0.25, 0.3) is 0 Å². The van der Waals surface area contributed by atoms with E-state index in [1.807, 2.05) is 26.8 Å². The molecule has 2 radical (unpaired) electrons. The second kappa shape index (κ2) is 10.4. The van der Waals surface area contributed by atoms with Crippen LogP contribution in [0.1, 0.15) is 37.6 Å². The van der Waals surface area contributed by atoms with Crippen LogP contribution >= 0.6 is 11.6 Å². The third-order valence-corrected chi connectivity index (χ3v) is 6.62. The van der Waals surface area contributed by atoms with Gasteiger partial charge in [-0.05, 0) is 50.6 Å². The number of nitriles is 1. The number of rotatable bonds is 6. The Morgan fingerprint density at radius 3 is 2.37 bits per heavy atom. The van der Waals surface area contributed by atoms with Gasteiger partial charge in [-0.2, -0.15) is 9.65 Å². The molecule has 8 nitrogen and oxygen atoms in total. The van der Waals surface area contributed by atoms with Gasteiger partial charge in [-0.15, -0.1) is 5.10 Å². The second-order valence-electron chi connectivity index (χ2n) is 10.3. The van der Waals surface area contributed by atoms with Gasteiger partial charge in [-0.3, -0.25) is 4.98 Å². The Morgan fingerprint density at radius 1 is 1.00 bits per heavy atom. The number of anilines is 3. The Hall–Kier alpha value is -4.63. The molecule has 41 heavy (non-hydrogen) atoms. The number of pyridine rings is 2. The van der Waals surface area contributed by atoms with E-state index in [9.17, 15) is 18.4 Å². The van der Waals surface area contributed by atoms with E-state index in [2.05, 4.69) is 30.9 Å². The lowest BCUT2D eigenvalue weighted by molar-refractivity contribution is 0.347. The normalized spacial score (nSPS) is 13.0. The van der Waals surface area contributed by atoms with E-state index in [1.54, 1.807) is 23.0 Å². The van der Waals surface area contributed by atoms with Gasteiger partial charge in [-0.25, -0.2) is 18.4 Å². The molecular weight excluding hydrogens is 552 g/mol. The summed E-state index contributed by atoms with van der Waals surface area (Å²) in [5.41, 5.74) is 0.0830. The Kier molecular flexibility index (Phi) is 7.09. The summed E-state index contributed by atoms with van der Waals surface area (Å²) in [5, 5.41) is 25.1. The quantitative estimate of drug-likeness (QED) is 0.186. The number of fused-ring (bicyclic) bond motifs is 1. The van der Waals surface area contributed by atoms with Crippen molar-refractivity contribution in [2.24, 2.45) is 0 Å². The van der Waals surface area contributed by atoms with Crippen LogP contribution in [0.2, 0.25) is 5.02 Å². The van der Waals surface area contributed by atoms with E-state index in [0.717, 1.165) is 12.3 Å². The van der Waals surface area contributed by atoms with Crippen LogP contribution in [-0.2, 0) is 11.0 Å². The van der Waals surface area contributed by atoms with Crippen molar-refractivity contribution in [1.29, 1.82) is 5.26 Å². The van der Waals surface area contributed by atoms with Crippen LogP contribution in [0, 0.1) is 28.9 Å². The van der Waals surface area contributed by atoms with Crippen molar-refractivity contribution in [3.8, 4) is 6.07 Å². The number of hydrogen-bond donors (Lipinski definition) is 2. The molecule has 2 N–H and O–H groups in total. The van der Waals surface area contributed by atoms with Crippen molar-refractivity contribution in [3.05, 3.63) is 100 Å². The van der Waals surface area contributed by atoms with Crippen LogP contribution < -0.4 is 10.6 Å². The van der Waals surface area contributed by atoms with Gasteiger partial charge in [0.1, 0.15) is 25.4 Å². The van der Waals surface area contributed by atoms with Crippen molar-refractivity contribution in [2.75, 3.05) is 10.6 Å². The lowest BCUT2D eigenvalue weighted by Crippen LogP contribution is -2.38. The fraction of sp³-hybridized carbons (Fsp3) is 0.179. The maximum Gasteiger partial charge on any atom is 0.249 e. The predicted molar refractivity (Wildman–Crippen MR) is 150 cm³/mol. The SMILES string of the molecule is [B]C(Nc1cc(Cl)c2ncc(C#N)c(Nc3cnc(F)c(F)c3)c2c1)(c1ccc(F)cc1)c1cn(C(C)(C)C)nn1. The minimum absolute atomic E-state index is 0.0978. The molecule has 2 aromatic carbocycles. The average Bonchev–Trinajstić information content (AvgIpc) is 3.44. The first-order valence-corrected chi connectivity index (χ1v) is 12.6. The molecule has 13 heteroatoms. The molecule has 1 unspecified atom stereocenters. The molecule has 0 amide bonds. The zero-order chi connectivity index (χ0) is 29.5. The molecule has 0 spiro atoms. The van der Waals surface area contributed by atoms with Gasteiger partial charge < -0.3 is 10.6 Å². The zero-order valence-electron chi connectivity index (χ0n) is 22.0. The molecule has 5 aromatic rings. The van der Waals surface area contributed by atoms with Gasteiger partial charge >= 0.3 is 0 Å². The average molecular weight is 573 g/mol. The lowest BCUT2D eigenvalue weighted by Gasteiger charge is -2.32. The van der Waals surface area contributed by atoms with Gasteiger partial charge in [0.15, 0.2) is 5.82 Å². The molecule has 0 aliphatic carbocycles. The van der Waals surface area contributed by atoms with Crippen molar-refractivity contribution in [1.82, 2.24) is 25.0 Å². The summed E-state index contributed by atoms with van der Waals surface area (Å²) < 4.78 is 42.8. The summed E-state index contributed by atoms with van der Waals surface area (Å²) in [6.45, 7) is 5.86. The van der Waals surface area contributed by atoms with E-state index in [1.165, 1.54) is 30.5 Å². The highest BCUT2D eigenvalue weighted by Gasteiger charge is 2.33. The number of nitrogens with one attached hydrogen (secondary N) is 2. The van der Waals surface area contributed by atoms with E-state index < -0.39 is 28.6 Å². The molecule has 0 aliphatic rings. The first-order valence-electron chi connectivity index (χ1n) is 12.3. The Balaban J connectivity index is 1.66. The lowest BCUT2D eigenvalue weighted by atomic mass is 9.69. The Bertz CT molecular complexity index is 1810. The maximum atomic E-state index is 13.9. The van der Waals surface area contributed by atoms with Crippen LogP contribution in [0.3, 0.4) is 0 Å². The first-order chi connectivity index (χ1) is 19.4. The van der Waals surface area contributed by atoms with Crippen LogP contribution in [0.15, 0.2) is 61.1 Å². The minimum Gasteiger partial charge on any atom is -0.378 e. The van der Waals surface area contributed by atoms with E-state index in [4.69, 9.17) is 19.4 Å². The molecule has 5 rings (SSSR count). The summed E-state index contributed by atoms with van der Waals surface area (Å²) in [5.74, 6) is -2.86. The number of halogens is 4. The summed E-state index contributed by atoms with van der Waals surface area (Å²) >= 11 is 6.63. The number of benzene rings is 2. The summed E-state index contributed by atoms with van der Waals surface area (Å²) in [7, 11) is 6.96. The van der Waals surface area contributed by atoms with Crippen molar-refractivity contribution in [3.63, 3.8) is 0 Å². The van der Waals surface area contributed by atoms with Crippen LogP contribution in [0.5, 0.6) is 0 Å². The summed E-state index contributed by atoms with van der Waals surface area (Å²) in [6.07, 6.45) is 4.10. The van der Waals surface area contributed by atoms with Crippen molar-refractivity contribution >= 4 is 47.4 Å². The highest BCUT2D eigenvalue weighted by molar-refractivity contribution is 6.36. The number of aromatic nitrogens is 5. The Labute approximate surface area is 239 Å². The molecule has 204 valence electrons. The fourth-order valence-electron chi connectivity index (χ4n) is 4.18. The maximum absolute atomic E-state index is 13.9. The topological polar surface area (TPSA) is 104 Å². The highest BCUT2D eigenvalue weighted by atomic mass is 35.5. The molecule has 3 heterocycles. The molecule has 0 fully saturated rings.